The number of nitrogens with zero attached hydrogens (tertiary/aromatic N) is 4. The normalized spacial score (nSPS) is 10.7. The van der Waals surface area contributed by atoms with Gasteiger partial charge in [0.05, 0.1) is 5.56 Å². The molecule has 0 saturated heterocycles. The summed E-state index contributed by atoms with van der Waals surface area (Å²) in [7, 11) is 0. The van der Waals surface area contributed by atoms with E-state index in [2.05, 4.69) is 25.5 Å². The number of rotatable bonds is 6. The maximum Gasteiger partial charge on any atom is 0.255 e. The number of aromatic amines is 1. The Balaban J connectivity index is 1.68. The molecule has 4 rings (SSSR count). The van der Waals surface area contributed by atoms with Crippen LogP contribution in [0, 0.1) is 0 Å². The molecule has 0 saturated carbocycles. The van der Waals surface area contributed by atoms with Gasteiger partial charge >= 0.3 is 0 Å². The summed E-state index contributed by atoms with van der Waals surface area (Å²) in [6, 6.07) is 13.3. The number of pyridine rings is 1. The molecule has 1 N–H and O–H groups in total. The van der Waals surface area contributed by atoms with Crippen molar-refractivity contribution >= 4 is 17.2 Å². The zero-order chi connectivity index (χ0) is 18.5. The first-order valence-electron chi connectivity index (χ1n) is 8.45. The first kappa shape index (κ1) is 17.1. The van der Waals surface area contributed by atoms with E-state index in [4.69, 9.17) is 0 Å². The Morgan fingerprint density at radius 1 is 1.07 bits per heavy atom. The van der Waals surface area contributed by atoms with Crippen LogP contribution in [0.5, 0.6) is 0 Å². The summed E-state index contributed by atoms with van der Waals surface area (Å²) in [4.78, 5) is 23.6. The van der Waals surface area contributed by atoms with Crippen LogP contribution in [0.3, 0.4) is 0 Å². The van der Waals surface area contributed by atoms with E-state index in [1.165, 1.54) is 6.33 Å². The SMILES string of the molecule is O=C(c1ccccc1-c1ncn[nH]1)N(Cc1cccnc1)Cc1ccsc1. The van der Waals surface area contributed by atoms with Crippen LogP contribution in [0.2, 0.25) is 0 Å². The van der Waals surface area contributed by atoms with Gasteiger partial charge in [0.1, 0.15) is 6.33 Å². The van der Waals surface area contributed by atoms with E-state index < -0.39 is 0 Å². The third-order valence-corrected chi connectivity index (χ3v) is 4.90. The van der Waals surface area contributed by atoms with E-state index in [0.29, 0.717) is 24.5 Å². The molecule has 0 radical (unpaired) electrons. The van der Waals surface area contributed by atoms with Crippen molar-refractivity contribution < 1.29 is 4.79 Å². The molecule has 3 aromatic heterocycles. The average Bonchev–Trinajstić information content (AvgIpc) is 3.42. The number of hydrogen-bond acceptors (Lipinski definition) is 5. The van der Waals surface area contributed by atoms with Crippen LogP contribution in [0.25, 0.3) is 11.4 Å². The summed E-state index contributed by atoms with van der Waals surface area (Å²) in [5.74, 6) is 0.521. The molecular formula is C20H17N5OS. The van der Waals surface area contributed by atoms with Gasteiger partial charge in [0, 0.05) is 31.0 Å². The van der Waals surface area contributed by atoms with Crippen molar-refractivity contribution in [2.75, 3.05) is 0 Å². The second-order valence-electron chi connectivity index (χ2n) is 6.03. The first-order valence-corrected chi connectivity index (χ1v) is 9.39. The topological polar surface area (TPSA) is 74.8 Å². The van der Waals surface area contributed by atoms with Crippen LogP contribution in [0.1, 0.15) is 21.5 Å². The number of aromatic nitrogens is 4. The minimum atomic E-state index is -0.0583. The van der Waals surface area contributed by atoms with Crippen molar-refractivity contribution in [2.45, 2.75) is 13.1 Å². The van der Waals surface area contributed by atoms with Gasteiger partial charge < -0.3 is 4.90 Å². The van der Waals surface area contributed by atoms with Crippen LogP contribution < -0.4 is 0 Å². The van der Waals surface area contributed by atoms with Crippen LogP contribution in [0.4, 0.5) is 0 Å². The molecule has 0 bridgehead atoms. The standard InChI is InChI=1S/C20H17N5OS/c26-20(18-6-2-1-5-17(18)19-22-14-23-24-19)25(12-16-7-9-27-13-16)11-15-4-3-8-21-10-15/h1-10,13-14H,11-12H2,(H,22,23,24). The number of hydrogen-bond donors (Lipinski definition) is 1. The first-order chi connectivity index (χ1) is 13.3. The van der Waals surface area contributed by atoms with Gasteiger partial charge in [-0.05, 0) is 40.1 Å². The van der Waals surface area contributed by atoms with E-state index in [9.17, 15) is 4.79 Å². The summed E-state index contributed by atoms with van der Waals surface area (Å²) in [6.07, 6.45) is 4.96. The number of H-pyrrole nitrogens is 1. The second kappa shape index (κ2) is 7.92. The summed E-state index contributed by atoms with van der Waals surface area (Å²) in [5.41, 5.74) is 3.42. The number of benzene rings is 1. The van der Waals surface area contributed by atoms with E-state index in [-0.39, 0.29) is 5.91 Å². The molecular weight excluding hydrogens is 358 g/mol. The fraction of sp³-hybridized carbons (Fsp3) is 0.100. The van der Waals surface area contributed by atoms with Gasteiger partial charge in [-0.2, -0.15) is 16.4 Å². The van der Waals surface area contributed by atoms with Crippen molar-refractivity contribution in [1.29, 1.82) is 0 Å². The highest BCUT2D eigenvalue weighted by molar-refractivity contribution is 7.07. The molecule has 1 amide bonds. The highest BCUT2D eigenvalue weighted by atomic mass is 32.1. The van der Waals surface area contributed by atoms with Crippen molar-refractivity contribution in [3.63, 3.8) is 0 Å². The third-order valence-electron chi connectivity index (χ3n) is 4.16. The molecule has 0 fully saturated rings. The van der Waals surface area contributed by atoms with Crippen LogP contribution in [-0.2, 0) is 13.1 Å². The van der Waals surface area contributed by atoms with Gasteiger partial charge in [-0.25, -0.2) is 4.98 Å². The van der Waals surface area contributed by atoms with E-state index in [1.54, 1.807) is 23.7 Å². The monoisotopic (exact) mass is 375 g/mol. The summed E-state index contributed by atoms with van der Waals surface area (Å²) in [6.45, 7) is 1.01. The van der Waals surface area contributed by atoms with Crippen LogP contribution in [-0.4, -0.2) is 31.0 Å². The molecule has 3 heterocycles. The maximum atomic E-state index is 13.4. The van der Waals surface area contributed by atoms with E-state index >= 15 is 0 Å². The number of carbonyl (C=O) groups is 1. The Morgan fingerprint density at radius 3 is 2.70 bits per heavy atom. The Bertz CT molecular complexity index is 1000. The molecule has 0 atom stereocenters. The number of nitrogens with one attached hydrogen (secondary N) is 1. The lowest BCUT2D eigenvalue weighted by Gasteiger charge is -2.23. The molecule has 7 heteroatoms. The lowest BCUT2D eigenvalue weighted by Crippen LogP contribution is -2.30. The lowest BCUT2D eigenvalue weighted by molar-refractivity contribution is 0.0731. The van der Waals surface area contributed by atoms with Crippen molar-refractivity contribution in [2.24, 2.45) is 0 Å². The minimum Gasteiger partial charge on any atom is -0.330 e. The van der Waals surface area contributed by atoms with Gasteiger partial charge in [0.15, 0.2) is 5.82 Å². The molecule has 27 heavy (non-hydrogen) atoms. The molecule has 0 unspecified atom stereocenters. The molecule has 0 aliphatic carbocycles. The highest BCUT2D eigenvalue weighted by Crippen LogP contribution is 2.23. The van der Waals surface area contributed by atoms with Crippen molar-refractivity contribution in [3.8, 4) is 11.4 Å². The largest absolute Gasteiger partial charge is 0.330 e. The zero-order valence-electron chi connectivity index (χ0n) is 14.4. The summed E-state index contributed by atoms with van der Waals surface area (Å²) < 4.78 is 0. The summed E-state index contributed by atoms with van der Waals surface area (Å²) >= 11 is 1.62. The van der Waals surface area contributed by atoms with Gasteiger partial charge in [-0.15, -0.1) is 0 Å². The molecule has 6 nitrogen and oxygen atoms in total. The van der Waals surface area contributed by atoms with Crippen LogP contribution in [0.15, 0.2) is 71.9 Å². The Hall–Kier alpha value is -3.32. The van der Waals surface area contributed by atoms with Crippen molar-refractivity contribution in [1.82, 2.24) is 25.1 Å². The van der Waals surface area contributed by atoms with Crippen LogP contribution >= 0.6 is 11.3 Å². The second-order valence-corrected chi connectivity index (χ2v) is 6.81. The van der Waals surface area contributed by atoms with Gasteiger partial charge in [0.25, 0.3) is 5.91 Å². The minimum absolute atomic E-state index is 0.0583. The highest BCUT2D eigenvalue weighted by Gasteiger charge is 2.21. The van der Waals surface area contributed by atoms with Gasteiger partial charge in [-0.1, -0.05) is 24.3 Å². The molecule has 4 aromatic rings. The number of amides is 1. The fourth-order valence-electron chi connectivity index (χ4n) is 2.90. The summed E-state index contributed by atoms with van der Waals surface area (Å²) in [5, 5.41) is 10.8. The number of carbonyl (C=O) groups excluding carboxylic acids is 1. The fourth-order valence-corrected chi connectivity index (χ4v) is 3.56. The molecule has 134 valence electrons. The third kappa shape index (κ3) is 3.93. The molecule has 1 aromatic carbocycles. The Labute approximate surface area is 160 Å². The zero-order valence-corrected chi connectivity index (χ0v) is 15.3. The Morgan fingerprint density at radius 2 is 1.96 bits per heavy atom. The van der Waals surface area contributed by atoms with Gasteiger partial charge in [0.2, 0.25) is 0 Å². The Kier molecular flexibility index (Phi) is 5.02. The van der Waals surface area contributed by atoms with Gasteiger partial charge in [-0.3, -0.25) is 14.9 Å². The maximum absolute atomic E-state index is 13.4. The predicted molar refractivity (Wildman–Crippen MR) is 104 cm³/mol. The molecule has 0 aliphatic heterocycles. The quantitative estimate of drug-likeness (QED) is 0.557. The number of thiophene rings is 1. The average molecular weight is 375 g/mol. The predicted octanol–water partition coefficient (Wildman–Crippen LogP) is 3.77. The lowest BCUT2D eigenvalue weighted by atomic mass is 10.0. The van der Waals surface area contributed by atoms with Crippen molar-refractivity contribution in [3.05, 3.63) is 88.6 Å². The molecule has 0 spiro atoms. The smallest absolute Gasteiger partial charge is 0.255 e. The van der Waals surface area contributed by atoms with E-state index in [1.807, 2.05) is 52.7 Å². The molecule has 0 aliphatic rings. The van der Waals surface area contributed by atoms with E-state index in [0.717, 1.165) is 16.7 Å².